The first kappa shape index (κ1) is 25.1. The number of benzene rings is 1. The Hall–Kier alpha value is -2.90. The van der Waals surface area contributed by atoms with E-state index in [0.29, 0.717) is 13.2 Å². The molecule has 8 nitrogen and oxygen atoms in total. The van der Waals surface area contributed by atoms with Gasteiger partial charge in [-0.1, -0.05) is 38.8 Å². The van der Waals surface area contributed by atoms with E-state index in [1.165, 1.54) is 0 Å². The Morgan fingerprint density at radius 2 is 1.11 bits per heavy atom. The minimum atomic E-state index is -1.08. The van der Waals surface area contributed by atoms with Crippen LogP contribution >= 0.6 is 0 Å². The van der Waals surface area contributed by atoms with Crippen LogP contribution in [0.1, 0.15) is 73.1 Å². The summed E-state index contributed by atoms with van der Waals surface area (Å²) in [7, 11) is 0. The van der Waals surface area contributed by atoms with Gasteiger partial charge in [0.25, 0.3) is 0 Å². The average Bonchev–Trinajstić information content (AvgIpc) is 2.67. The molecule has 0 fully saturated rings. The van der Waals surface area contributed by atoms with Crippen molar-refractivity contribution in [3.05, 3.63) is 35.4 Å². The Bertz CT molecular complexity index is 584. The SMILES string of the molecule is CCCCOC(=O)c1ccccc1C(=O)OCCCC.O=C(O)CCC(=O)O. The van der Waals surface area contributed by atoms with Gasteiger partial charge in [0.15, 0.2) is 0 Å². The molecule has 1 rings (SSSR count). The van der Waals surface area contributed by atoms with Gasteiger partial charge in [0.2, 0.25) is 0 Å². The highest BCUT2D eigenvalue weighted by molar-refractivity contribution is 6.03. The van der Waals surface area contributed by atoms with Crippen LogP contribution < -0.4 is 0 Å². The molecule has 0 spiro atoms. The minimum Gasteiger partial charge on any atom is -0.481 e. The molecule has 0 atom stereocenters. The van der Waals surface area contributed by atoms with Crippen molar-refractivity contribution in [3.8, 4) is 0 Å². The fraction of sp³-hybridized carbons (Fsp3) is 0.500. The quantitative estimate of drug-likeness (QED) is 0.429. The number of carbonyl (C=O) groups is 4. The lowest BCUT2D eigenvalue weighted by molar-refractivity contribution is -0.143. The number of carbonyl (C=O) groups excluding carboxylic acids is 2. The summed E-state index contributed by atoms with van der Waals surface area (Å²) in [5.74, 6) is -3.09. The number of esters is 2. The normalized spacial score (nSPS) is 9.64. The van der Waals surface area contributed by atoms with Crippen LogP contribution in [-0.4, -0.2) is 47.3 Å². The number of hydrogen-bond donors (Lipinski definition) is 2. The summed E-state index contributed by atoms with van der Waals surface area (Å²) in [5, 5.41) is 15.8. The number of rotatable bonds is 11. The van der Waals surface area contributed by atoms with Crippen LogP contribution in [0.4, 0.5) is 0 Å². The second-order valence-corrected chi connectivity index (χ2v) is 5.81. The van der Waals surface area contributed by atoms with E-state index in [4.69, 9.17) is 19.7 Å². The lowest BCUT2D eigenvalue weighted by Crippen LogP contribution is -2.14. The van der Waals surface area contributed by atoms with Crippen LogP contribution in [0.3, 0.4) is 0 Å². The molecule has 0 radical (unpaired) electrons. The fourth-order valence-electron chi connectivity index (χ4n) is 1.83. The second kappa shape index (κ2) is 15.2. The van der Waals surface area contributed by atoms with E-state index in [9.17, 15) is 19.2 Å². The Kier molecular flexibility index (Phi) is 13.6. The van der Waals surface area contributed by atoms with Crippen LogP contribution in [0, 0.1) is 0 Å². The molecule has 0 unspecified atom stereocenters. The van der Waals surface area contributed by atoms with Crippen LogP contribution in [0.25, 0.3) is 0 Å². The molecule has 0 aliphatic carbocycles. The number of aliphatic carboxylic acids is 2. The van der Waals surface area contributed by atoms with E-state index in [1.54, 1.807) is 24.3 Å². The fourth-order valence-corrected chi connectivity index (χ4v) is 1.83. The van der Waals surface area contributed by atoms with Crippen molar-refractivity contribution in [1.82, 2.24) is 0 Å². The van der Waals surface area contributed by atoms with Crippen LogP contribution in [-0.2, 0) is 19.1 Å². The van der Waals surface area contributed by atoms with Crippen molar-refractivity contribution in [2.24, 2.45) is 0 Å². The average molecular weight is 396 g/mol. The maximum atomic E-state index is 11.9. The summed E-state index contributed by atoms with van der Waals surface area (Å²) < 4.78 is 10.3. The molecule has 156 valence electrons. The van der Waals surface area contributed by atoms with Gasteiger partial charge in [-0.15, -0.1) is 0 Å². The highest BCUT2D eigenvalue weighted by atomic mass is 16.5. The third-order valence-corrected chi connectivity index (χ3v) is 3.38. The molecule has 0 amide bonds. The van der Waals surface area contributed by atoms with E-state index in [2.05, 4.69) is 0 Å². The highest BCUT2D eigenvalue weighted by Gasteiger charge is 2.18. The Labute approximate surface area is 164 Å². The predicted octanol–water partition coefficient (Wildman–Crippen LogP) is 3.54. The Balaban J connectivity index is 0.000000769. The van der Waals surface area contributed by atoms with E-state index in [-0.39, 0.29) is 24.0 Å². The maximum Gasteiger partial charge on any atom is 0.339 e. The van der Waals surface area contributed by atoms with Crippen LogP contribution in [0.15, 0.2) is 24.3 Å². The van der Waals surface area contributed by atoms with E-state index >= 15 is 0 Å². The summed E-state index contributed by atoms with van der Waals surface area (Å²) in [5.41, 5.74) is 0.537. The largest absolute Gasteiger partial charge is 0.481 e. The number of unbranched alkanes of at least 4 members (excludes halogenated alkanes) is 2. The van der Waals surface area contributed by atoms with Gasteiger partial charge < -0.3 is 19.7 Å². The first-order chi connectivity index (χ1) is 13.3. The topological polar surface area (TPSA) is 127 Å². The van der Waals surface area contributed by atoms with Gasteiger partial charge in [0.05, 0.1) is 37.2 Å². The molecule has 0 aliphatic heterocycles. The van der Waals surface area contributed by atoms with Gasteiger partial charge >= 0.3 is 23.9 Å². The second-order valence-electron chi connectivity index (χ2n) is 5.81. The van der Waals surface area contributed by atoms with Gasteiger partial charge in [-0.25, -0.2) is 9.59 Å². The molecule has 1 aromatic rings. The van der Waals surface area contributed by atoms with Gasteiger partial charge in [-0.05, 0) is 25.0 Å². The molecule has 0 saturated heterocycles. The van der Waals surface area contributed by atoms with Crippen molar-refractivity contribution in [1.29, 1.82) is 0 Å². The molecule has 1 aromatic carbocycles. The van der Waals surface area contributed by atoms with Gasteiger partial charge in [0, 0.05) is 0 Å². The summed E-state index contributed by atoms with van der Waals surface area (Å²) in [6.45, 7) is 4.78. The lowest BCUT2D eigenvalue weighted by Gasteiger charge is -2.09. The molecule has 2 N–H and O–H groups in total. The molecular formula is C20H28O8. The van der Waals surface area contributed by atoms with E-state index < -0.39 is 23.9 Å². The molecule has 0 aromatic heterocycles. The molecular weight excluding hydrogens is 368 g/mol. The zero-order valence-corrected chi connectivity index (χ0v) is 16.3. The standard InChI is InChI=1S/C16H22O4.C4H6O4/c1-3-5-11-19-15(17)13-9-7-8-10-14(13)16(18)20-12-6-4-2;5-3(6)1-2-4(7)8/h7-10H,3-6,11-12H2,1-2H3;1-2H2,(H,5,6)(H,7,8). The monoisotopic (exact) mass is 396 g/mol. The van der Waals surface area contributed by atoms with Gasteiger partial charge in [-0.3, -0.25) is 9.59 Å². The van der Waals surface area contributed by atoms with E-state index in [0.717, 1.165) is 25.7 Å². The predicted molar refractivity (Wildman–Crippen MR) is 101 cm³/mol. The summed E-state index contributed by atoms with van der Waals surface area (Å²) in [4.78, 5) is 43.2. The third-order valence-electron chi connectivity index (χ3n) is 3.38. The summed E-state index contributed by atoms with van der Waals surface area (Å²) in [6.07, 6.45) is 2.94. The first-order valence-electron chi connectivity index (χ1n) is 9.20. The van der Waals surface area contributed by atoms with E-state index in [1.807, 2.05) is 13.8 Å². The van der Waals surface area contributed by atoms with Crippen molar-refractivity contribution in [3.63, 3.8) is 0 Å². The zero-order chi connectivity index (χ0) is 21.4. The maximum absolute atomic E-state index is 11.9. The van der Waals surface area contributed by atoms with Crippen molar-refractivity contribution in [2.45, 2.75) is 52.4 Å². The first-order valence-corrected chi connectivity index (χ1v) is 9.20. The van der Waals surface area contributed by atoms with Crippen molar-refractivity contribution >= 4 is 23.9 Å². The summed E-state index contributed by atoms with van der Waals surface area (Å²) in [6, 6.07) is 6.59. The molecule has 28 heavy (non-hydrogen) atoms. The molecule has 0 saturated carbocycles. The molecule has 0 aliphatic rings. The lowest BCUT2D eigenvalue weighted by atomic mass is 10.1. The van der Waals surface area contributed by atoms with Crippen molar-refractivity contribution in [2.75, 3.05) is 13.2 Å². The number of carboxylic acids is 2. The Morgan fingerprint density at radius 3 is 1.39 bits per heavy atom. The van der Waals surface area contributed by atoms with Gasteiger partial charge in [0.1, 0.15) is 0 Å². The molecule has 8 heteroatoms. The molecule has 0 bridgehead atoms. The number of hydrogen-bond acceptors (Lipinski definition) is 6. The Morgan fingerprint density at radius 1 is 0.750 bits per heavy atom. The minimum absolute atomic E-state index is 0.269. The highest BCUT2D eigenvalue weighted by Crippen LogP contribution is 2.12. The zero-order valence-electron chi connectivity index (χ0n) is 16.3. The molecule has 0 heterocycles. The van der Waals surface area contributed by atoms with Crippen LogP contribution in [0.2, 0.25) is 0 Å². The number of carboxylic acid groups (broad SMARTS) is 2. The summed E-state index contributed by atoms with van der Waals surface area (Å²) >= 11 is 0. The van der Waals surface area contributed by atoms with Crippen molar-refractivity contribution < 1.29 is 38.9 Å². The third kappa shape index (κ3) is 11.7. The van der Waals surface area contributed by atoms with Crippen LogP contribution in [0.5, 0.6) is 0 Å². The van der Waals surface area contributed by atoms with Gasteiger partial charge in [-0.2, -0.15) is 0 Å². The smallest absolute Gasteiger partial charge is 0.339 e. The number of ether oxygens (including phenoxy) is 2.